The predicted octanol–water partition coefficient (Wildman–Crippen LogP) is 1.69. The largest absolute Gasteiger partial charge is 0.488 e. The summed E-state index contributed by atoms with van der Waals surface area (Å²) in [6.07, 6.45) is 3.93. The summed E-state index contributed by atoms with van der Waals surface area (Å²) in [7, 11) is 0. The van der Waals surface area contributed by atoms with E-state index in [1.807, 2.05) is 24.3 Å². The van der Waals surface area contributed by atoms with Gasteiger partial charge in [0.1, 0.15) is 11.9 Å². The van der Waals surface area contributed by atoms with Crippen molar-refractivity contribution < 1.29 is 19.4 Å². The highest BCUT2D eigenvalue weighted by molar-refractivity contribution is 5.90. The van der Waals surface area contributed by atoms with Crippen molar-refractivity contribution in [1.29, 1.82) is 0 Å². The Morgan fingerprint density at radius 1 is 1.21 bits per heavy atom. The van der Waals surface area contributed by atoms with Crippen LogP contribution >= 0.6 is 0 Å². The van der Waals surface area contributed by atoms with Crippen molar-refractivity contribution in [3.63, 3.8) is 0 Å². The Morgan fingerprint density at radius 2 is 1.96 bits per heavy atom. The van der Waals surface area contributed by atoms with Gasteiger partial charge in [0.2, 0.25) is 5.91 Å². The number of nitrogens with one attached hydrogen (secondary N) is 2. The second kappa shape index (κ2) is 8.46. The standard InChI is InChI=1S/C18H26N2O4/c21-16-3-1-2-4-17(16)24-14-7-5-13(6-8-14)20-18(22)9-10-23-15-11-19-12-15/h5-8,15-17,19,21H,1-4,9-12H2,(H,20,22). The first-order valence-electron chi connectivity index (χ1n) is 8.77. The highest BCUT2D eigenvalue weighted by Crippen LogP contribution is 2.24. The van der Waals surface area contributed by atoms with Gasteiger partial charge in [-0.2, -0.15) is 0 Å². The summed E-state index contributed by atoms with van der Waals surface area (Å²) in [6.45, 7) is 2.19. The Balaban J connectivity index is 1.41. The molecule has 24 heavy (non-hydrogen) atoms. The molecule has 0 spiro atoms. The number of carbonyl (C=O) groups is 1. The first-order valence-corrected chi connectivity index (χ1v) is 8.77. The molecule has 0 bridgehead atoms. The monoisotopic (exact) mass is 334 g/mol. The van der Waals surface area contributed by atoms with Crippen molar-refractivity contribution >= 4 is 11.6 Å². The highest BCUT2D eigenvalue weighted by Gasteiger charge is 2.24. The minimum Gasteiger partial charge on any atom is -0.488 e. The highest BCUT2D eigenvalue weighted by atomic mass is 16.5. The molecule has 3 rings (SSSR count). The maximum Gasteiger partial charge on any atom is 0.226 e. The van der Waals surface area contributed by atoms with Gasteiger partial charge in [0.15, 0.2) is 0 Å². The summed E-state index contributed by atoms with van der Waals surface area (Å²) in [5, 5.41) is 15.9. The topological polar surface area (TPSA) is 79.8 Å². The summed E-state index contributed by atoms with van der Waals surface area (Å²) >= 11 is 0. The minimum absolute atomic E-state index is 0.0568. The van der Waals surface area contributed by atoms with E-state index in [0.29, 0.717) is 13.0 Å². The molecule has 1 aromatic carbocycles. The summed E-state index contributed by atoms with van der Waals surface area (Å²) in [5.74, 6) is 0.665. The van der Waals surface area contributed by atoms with Gasteiger partial charge < -0.3 is 25.2 Å². The Hall–Kier alpha value is -1.63. The Kier molecular flexibility index (Phi) is 6.07. The van der Waals surface area contributed by atoms with E-state index in [-0.39, 0.29) is 24.2 Å². The van der Waals surface area contributed by atoms with Crippen LogP contribution < -0.4 is 15.4 Å². The Labute approximate surface area is 142 Å². The second-order valence-electron chi connectivity index (χ2n) is 6.48. The van der Waals surface area contributed by atoms with Gasteiger partial charge in [0.05, 0.1) is 25.2 Å². The van der Waals surface area contributed by atoms with Crippen molar-refractivity contribution in [1.82, 2.24) is 5.32 Å². The number of ether oxygens (including phenoxy) is 2. The van der Waals surface area contributed by atoms with Gasteiger partial charge in [0.25, 0.3) is 0 Å². The van der Waals surface area contributed by atoms with Crippen LogP contribution in [-0.2, 0) is 9.53 Å². The number of hydrogen-bond acceptors (Lipinski definition) is 5. The van der Waals surface area contributed by atoms with Crippen LogP contribution in [-0.4, -0.2) is 49.0 Å². The van der Waals surface area contributed by atoms with E-state index in [1.54, 1.807) is 0 Å². The van der Waals surface area contributed by atoms with Crippen molar-refractivity contribution in [2.24, 2.45) is 0 Å². The number of benzene rings is 1. The average molecular weight is 334 g/mol. The molecule has 1 aliphatic heterocycles. The number of rotatable bonds is 7. The molecule has 0 radical (unpaired) electrons. The second-order valence-corrected chi connectivity index (χ2v) is 6.48. The van der Waals surface area contributed by atoms with Gasteiger partial charge in [-0.15, -0.1) is 0 Å². The zero-order valence-electron chi connectivity index (χ0n) is 13.9. The van der Waals surface area contributed by atoms with Gasteiger partial charge in [-0.1, -0.05) is 6.42 Å². The van der Waals surface area contributed by atoms with E-state index in [4.69, 9.17) is 9.47 Å². The normalized spacial score (nSPS) is 24.2. The van der Waals surface area contributed by atoms with Crippen LogP contribution in [0.2, 0.25) is 0 Å². The summed E-state index contributed by atoms with van der Waals surface area (Å²) in [5.41, 5.74) is 0.738. The zero-order chi connectivity index (χ0) is 16.8. The molecule has 1 amide bonds. The Bertz CT molecular complexity index is 530. The maximum atomic E-state index is 11.9. The number of amides is 1. The maximum absolute atomic E-state index is 11.9. The fourth-order valence-corrected chi connectivity index (χ4v) is 2.93. The van der Waals surface area contributed by atoms with Crippen LogP contribution in [0.3, 0.4) is 0 Å². The molecular formula is C18H26N2O4. The molecule has 2 atom stereocenters. The van der Waals surface area contributed by atoms with Gasteiger partial charge in [-0.25, -0.2) is 0 Å². The number of aliphatic hydroxyl groups is 1. The third kappa shape index (κ3) is 4.93. The molecule has 3 N–H and O–H groups in total. The van der Waals surface area contributed by atoms with Crippen molar-refractivity contribution in [3.8, 4) is 5.75 Å². The lowest BCUT2D eigenvalue weighted by atomic mass is 9.95. The van der Waals surface area contributed by atoms with Crippen LogP contribution in [0.4, 0.5) is 5.69 Å². The smallest absolute Gasteiger partial charge is 0.226 e. The van der Waals surface area contributed by atoms with E-state index in [2.05, 4.69) is 10.6 Å². The summed E-state index contributed by atoms with van der Waals surface area (Å²) in [4.78, 5) is 11.9. The van der Waals surface area contributed by atoms with E-state index < -0.39 is 0 Å². The van der Waals surface area contributed by atoms with E-state index in [1.165, 1.54) is 0 Å². The SMILES string of the molecule is O=C(CCOC1CNC1)Nc1ccc(OC2CCCCC2O)cc1. The molecule has 2 fully saturated rings. The lowest BCUT2D eigenvalue weighted by Crippen LogP contribution is -2.48. The van der Waals surface area contributed by atoms with E-state index >= 15 is 0 Å². The first kappa shape index (κ1) is 17.2. The molecule has 2 aliphatic rings. The van der Waals surface area contributed by atoms with E-state index in [9.17, 15) is 9.90 Å². The Morgan fingerprint density at radius 3 is 2.62 bits per heavy atom. The fourth-order valence-electron chi connectivity index (χ4n) is 2.93. The molecular weight excluding hydrogens is 308 g/mol. The zero-order valence-corrected chi connectivity index (χ0v) is 13.9. The third-order valence-corrected chi connectivity index (χ3v) is 4.52. The number of carbonyl (C=O) groups excluding carboxylic acids is 1. The van der Waals surface area contributed by atoms with Gasteiger partial charge >= 0.3 is 0 Å². The lowest BCUT2D eigenvalue weighted by molar-refractivity contribution is -0.118. The summed E-state index contributed by atoms with van der Waals surface area (Å²) in [6, 6.07) is 7.29. The molecule has 132 valence electrons. The molecule has 1 aliphatic carbocycles. The van der Waals surface area contributed by atoms with Crippen LogP contribution in [0, 0.1) is 0 Å². The van der Waals surface area contributed by atoms with Gasteiger partial charge in [0, 0.05) is 18.8 Å². The van der Waals surface area contributed by atoms with Crippen molar-refractivity contribution in [2.45, 2.75) is 50.4 Å². The minimum atomic E-state index is -0.385. The van der Waals surface area contributed by atoms with Crippen LogP contribution in [0.25, 0.3) is 0 Å². The van der Waals surface area contributed by atoms with Crippen LogP contribution in [0.5, 0.6) is 5.75 Å². The van der Waals surface area contributed by atoms with Crippen molar-refractivity contribution in [3.05, 3.63) is 24.3 Å². The average Bonchev–Trinajstić information content (AvgIpc) is 2.54. The van der Waals surface area contributed by atoms with Crippen molar-refractivity contribution in [2.75, 3.05) is 25.0 Å². The fraction of sp³-hybridized carbons (Fsp3) is 0.611. The quantitative estimate of drug-likeness (QED) is 0.707. The molecule has 0 aromatic heterocycles. The first-order chi connectivity index (χ1) is 11.7. The predicted molar refractivity (Wildman–Crippen MR) is 91.2 cm³/mol. The number of hydrogen-bond donors (Lipinski definition) is 3. The van der Waals surface area contributed by atoms with Gasteiger partial charge in [-0.3, -0.25) is 4.79 Å². The summed E-state index contributed by atoms with van der Waals surface area (Å²) < 4.78 is 11.4. The molecule has 2 unspecified atom stereocenters. The lowest BCUT2D eigenvalue weighted by Gasteiger charge is -2.28. The molecule has 6 heteroatoms. The molecule has 1 heterocycles. The molecule has 1 saturated carbocycles. The molecule has 1 saturated heterocycles. The molecule has 6 nitrogen and oxygen atoms in total. The molecule has 1 aromatic rings. The number of aliphatic hydroxyl groups excluding tert-OH is 1. The third-order valence-electron chi connectivity index (χ3n) is 4.52. The van der Waals surface area contributed by atoms with E-state index in [0.717, 1.165) is 50.2 Å². The number of anilines is 1. The van der Waals surface area contributed by atoms with Gasteiger partial charge in [-0.05, 0) is 43.5 Å². The van der Waals surface area contributed by atoms with Crippen LogP contribution in [0.1, 0.15) is 32.1 Å². The van der Waals surface area contributed by atoms with Crippen LogP contribution in [0.15, 0.2) is 24.3 Å².